The van der Waals surface area contributed by atoms with Crippen molar-refractivity contribution in [2.75, 3.05) is 6.61 Å². The Kier molecular flexibility index (Phi) is 6.53. The van der Waals surface area contributed by atoms with Gasteiger partial charge in [0.25, 0.3) is 0 Å². The summed E-state index contributed by atoms with van der Waals surface area (Å²) in [6.45, 7) is 3.95. The first-order valence-corrected chi connectivity index (χ1v) is 10.5. The third-order valence-electron chi connectivity index (χ3n) is 4.91. The minimum atomic E-state index is -4.49. The molecule has 0 spiro atoms. The Hall–Kier alpha value is -3.17. The minimum absolute atomic E-state index is 0.00107. The summed E-state index contributed by atoms with van der Waals surface area (Å²) in [5.74, 6) is 0.874. The molecule has 0 fully saturated rings. The van der Waals surface area contributed by atoms with Crippen LogP contribution in [0.3, 0.4) is 0 Å². The van der Waals surface area contributed by atoms with Gasteiger partial charge in [-0.1, -0.05) is 29.8 Å². The lowest BCUT2D eigenvalue weighted by Crippen LogP contribution is -2.37. The van der Waals surface area contributed by atoms with Crippen molar-refractivity contribution >= 4 is 17.4 Å². The van der Waals surface area contributed by atoms with Gasteiger partial charge in [0.05, 0.1) is 24.4 Å². The number of hydrogen-bond acceptors (Lipinski definition) is 6. The Balaban J connectivity index is 1.62. The molecule has 0 radical (unpaired) electrons. The third kappa shape index (κ3) is 5.61. The topological polar surface area (TPSA) is 68.6 Å². The highest BCUT2D eigenvalue weighted by molar-refractivity contribution is 6.31. The van der Waals surface area contributed by atoms with Gasteiger partial charge in [0, 0.05) is 5.02 Å². The van der Waals surface area contributed by atoms with Crippen molar-refractivity contribution in [3.63, 3.8) is 0 Å². The molecular weight excluding hydrogens is 457 g/mol. The van der Waals surface area contributed by atoms with Crippen LogP contribution in [0.4, 0.5) is 13.2 Å². The van der Waals surface area contributed by atoms with Crippen LogP contribution in [0.5, 0.6) is 11.5 Å². The second-order valence-corrected chi connectivity index (χ2v) is 8.01. The van der Waals surface area contributed by atoms with Crippen LogP contribution in [0.1, 0.15) is 28.2 Å². The molecule has 4 rings (SSSR count). The summed E-state index contributed by atoms with van der Waals surface area (Å²) in [7, 11) is 0. The standard InChI is InChI=1S/C23H20ClF3N4O2/c1-13-6-7-15(19(24)8-13)9-17-12-32-31-22(30-17)21-20(11-28-14(2)29-21)33-18-5-3-4-16(10-18)23(25,26)27/h3-8,10-11,17H,9,12H2,1-2H3,(H,30,31)/t17-/m1/s1. The maximum absolute atomic E-state index is 13.1. The van der Waals surface area contributed by atoms with Crippen molar-refractivity contribution in [3.05, 3.63) is 81.9 Å². The number of halogens is 4. The molecule has 0 saturated carbocycles. The molecule has 1 aliphatic rings. The van der Waals surface area contributed by atoms with Gasteiger partial charge in [0.15, 0.2) is 17.3 Å². The van der Waals surface area contributed by atoms with E-state index in [-0.39, 0.29) is 23.2 Å². The molecule has 0 amide bonds. The highest BCUT2D eigenvalue weighted by atomic mass is 35.5. The average molecular weight is 477 g/mol. The van der Waals surface area contributed by atoms with Crippen LogP contribution >= 0.6 is 11.6 Å². The van der Waals surface area contributed by atoms with Crippen molar-refractivity contribution < 1.29 is 22.7 Å². The molecule has 2 aromatic carbocycles. The zero-order chi connectivity index (χ0) is 23.6. The lowest BCUT2D eigenvalue weighted by molar-refractivity contribution is -0.137. The van der Waals surface area contributed by atoms with Gasteiger partial charge >= 0.3 is 6.18 Å². The fourth-order valence-corrected chi connectivity index (χ4v) is 3.62. The van der Waals surface area contributed by atoms with Gasteiger partial charge in [-0.3, -0.25) is 9.83 Å². The Labute approximate surface area is 193 Å². The maximum atomic E-state index is 13.1. The molecule has 2 heterocycles. The first-order chi connectivity index (χ1) is 15.7. The number of aromatic nitrogens is 2. The summed E-state index contributed by atoms with van der Waals surface area (Å²) in [6, 6.07) is 10.1. The number of nitrogens with zero attached hydrogens (tertiary/aromatic N) is 3. The number of aliphatic imine (C=N–C) groups is 1. The molecule has 1 aliphatic heterocycles. The molecule has 0 saturated heterocycles. The van der Waals surface area contributed by atoms with Crippen LogP contribution in [0.15, 0.2) is 53.7 Å². The van der Waals surface area contributed by atoms with Crippen molar-refractivity contribution in [1.82, 2.24) is 15.4 Å². The zero-order valence-electron chi connectivity index (χ0n) is 17.8. The van der Waals surface area contributed by atoms with E-state index in [4.69, 9.17) is 21.2 Å². The van der Waals surface area contributed by atoms with Gasteiger partial charge in [0.1, 0.15) is 11.6 Å². The van der Waals surface area contributed by atoms with Crippen LogP contribution in [-0.2, 0) is 17.4 Å². The van der Waals surface area contributed by atoms with Crippen molar-refractivity contribution in [2.45, 2.75) is 32.5 Å². The van der Waals surface area contributed by atoms with E-state index >= 15 is 0 Å². The molecule has 0 aliphatic carbocycles. The van der Waals surface area contributed by atoms with Gasteiger partial charge in [-0.15, -0.1) is 0 Å². The molecule has 1 aromatic heterocycles. The predicted octanol–water partition coefficient (Wildman–Crippen LogP) is 5.45. The van der Waals surface area contributed by atoms with Crippen LogP contribution < -0.4 is 10.2 Å². The first kappa shape index (κ1) is 23.0. The van der Waals surface area contributed by atoms with E-state index in [1.165, 1.54) is 18.3 Å². The van der Waals surface area contributed by atoms with E-state index in [0.717, 1.165) is 23.3 Å². The lowest BCUT2D eigenvalue weighted by atomic mass is 10.0. The van der Waals surface area contributed by atoms with Crippen molar-refractivity contribution in [3.8, 4) is 11.5 Å². The molecular formula is C23H20ClF3N4O2. The minimum Gasteiger partial charge on any atom is -0.453 e. The molecule has 33 heavy (non-hydrogen) atoms. The summed E-state index contributed by atoms with van der Waals surface area (Å²) in [5, 5.41) is 0.650. The number of aryl methyl sites for hydroxylation is 2. The summed E-state index contributed by atoms with van der Waals surface area (Å²) in [4.78, 5) is 18.7. The smallest absolute Gasteiger partial charge is 0.416 e. The average Bonchev–Trinajstić information content (AvgIpc) is 2.77. The first-order valence-electron chi connectivity index (χ1n) is 10.1. The van der Waals surface area contributed by atoms with E-state index in [9.17, 15) is 13.2 Å². The lowest BCUT2D eigenvalue weighted by Gasteiger charge is -2.23. The summed E-state index contributed by atoms with van der Waals surface area (Å²) < 4.78 is 44.9. The fourth-order valence-electron chi connectivity index (χ4n) is 3.30. The number of amidine groups is 1. The molecule has 3 aromatic rings. The van der Waals surface area contributed by atoms with E-state index in [2.05, 4.69) is 20.4 Å². The SMILES string of the molecule is Cc1ccc(C[C@@H]2CONC(c3nc(C)ncc3Oc3cccc(C(F)(F)F)c3)=N2)c(Cl)c1. The van der Waals surface area contributed by atoms with E-state index < -0.39 is 11.7 Å². The van der Waals surface area contributed by atoms with Gasteiger partial charge in [-0.25, -0.2) is 15.4 Å². The molecule has 1 atom stereocenters. The van der Waals surface area contributed by atoms with Gasteiger partial charge < -0.3 is 4.74 Å². The second kappa shape index (κ2) is 9.36. The monoisotopic (exact) mass is 476 g/mol. The Morgan fingerprint density at radius 3 is 2.76 bits per heavy atom. The maximum Gasteiger partial charge on any atom is 0.416 e. The van der Waals surface area contributed by atoms with Crippen molar-refractivity contribution in [1.29, 1.82) is 0 Å². The molecule has 1 N–H and O–H groups in total. The third-order valence-corrected chi connectivity index (χ3v) is 5.26. The summed E-state index contributed by atoms with van der Waals surface area (Å²) in [6.07, 6.45) is -2.56. The van der Waals surface area contributed by atoms with E-state index in [1.807, 2.05) is 25.1 Å². The molecule has 10 heteroatoms. The van der Waals surface area contributed by atoms with Crippen LogP contribution in [0.25, 0.3) is 0 Å². The van der Waals surface area contributed by atoms with E-state index in [0.29, 0.717) is 29.7 Å². The predicted molar refractivity (Wildman–Crippen MR) is 118 cm³/mol. The molecule has 0 bridgehead atoms. The van der Waals surface area contributed by atoms with Crippen LogP contribution in [-0.4, -0.2) is 28.5 Å². The number of hydrogen-bond donors (Lipinski definition) is 1. The van der Waals surface area contributed by atoms with Gasteiger partial charge in [-0.2, -0.15) is 13.2 Å². The normalized spacial score (nSPS) is 16.2. The quantitative estimate of drug-likeness (QED) is 0.530. The number of benzene rings is 2. The molecule has 172 valence electrons. The Bertz CT molecular complexity index is 1200. The number of ether oxygens (including phenoxy) is 1. The largest absolute Gasteiger partial charge is 0.453 e. The number of alkyl halides is 3. The highest BCUT2D eigenvalue weighted by Gasteiger charge is 2.31. The molecule has 0 unspecified atom stereocenters. The van der Waals surface area contributed by atoms with Gasteiger partial charge in [-0.05, 0) is 55.7 Å². The Morgan fingerprint density at radius 1 is 1.18 bits per heavy atom. The molecule has 6 nitrogen and oxygen atoms in total. The number of rotatable bonds is 5. The van der Waals surface area contributed by atoms with Crippen LogP contribution in [0, 0.1) is 13.8 Å². The second-order valence-electron chi connectivity index (χ2n) is 7.60. The summed E-state index contributed by atoms with van der Waals surface area (Å²) >= 11 is 6.36. The summed E-state index contributed by atoms with van der Waals surface area (Å²) in [5.41, 5.74) is 4.18. The number of nitrogens with one attached hydrogen (secondary N) is 1. The Morgan fingerprint density at radius 2 is 2.00 bits per heavy atom. The number of hydroxylamine groups is 1. The highest BCUT2D eigenvalue weighted by Crippen LogP contribution is 2.33. The van der Waals surface area contributed by atoms with Crippen molar-refractivity contribution in [2.24, 2.45) is 4.99 Å². The van der Waals surface area contributed by atoms with Gasteiger partial charge in [0.2, 0.25) is 0 Å². The van der Waals surface area contributed by atoms with E-state index in [1.54, 1.807) is 6.92 Å². The van der Waals surface area contributed by atoms with Crippen LogP contribution in [0.2, 0.25) is 5.02 Å². The fraction of sp³-hybridized carbons (Fsp3) is 0.261. The zero-order valence-corrected chi connectivity index (χ0v) is 18.5.